The van der Waals surface area contributed by atoms with Crippen molar-refractivity contribution in [2.24, 2.45) is 11.7 Å². The van der Waals surface area contributed by atoms with Gasteiger partial charge in [0.15, 0.2) is 0 Å². The first-order valence-electron chi connectivity index (χ1n) is 5.65. The SMILES string of the molecule is COC(=O)C(N)CCSCC1CCCC1. The molecule has 4 heteroatoms. The highest BCUT2D eigenvalue weighted by atomic mass is 32.2. The summed E-state index contributed by atoms with van der Waals surface area (Å²) in [6.45, 7) is 0. The summed E-state index contributed by atoms with van der Waals surface area (Å²) < 4.78 is 4.57. The fourth-order valence-corrected chi connectivity index (χ4v) is 3.16. The van der Waals surface area contributed by atoms with Crippen LogP contribution in [-0.2, 0) is 9.53 Å². The molecule has 0 amide bonds. The summed E-state index contributed by atoms with van der Waals surface area (Å²) in [6.07, 6.45) is 6.29. The second-order valence-electron chi connectivity index (χ2n) is 4.14. The van der Waals surface area contributed by atoms with Crippen LogP contribution in [0.25, 0.3) is 0 Å². The minimum Gasteiger partial charge on any atom is -0.468 e. The Labute approximate surface area is 96.1 Å². The van der Waals surface area contributed by atoms with Crippen molar-refractivity contribution in [3.05, 3.63) is 0 Å². The van der Waals surface area contributed by atoms with Gasteiger partial charge in [-0.1, -0.05) is 12.8 Å². The average Bonchev–Trinajstić information content (AvgIpc) is 2.75. The molecule has 0 heterocycles. The molecule has 1 aliphatic rings. The third-order valence-electron chi connectivity index (χ3n) is 2.91. The number of methoxy groups -OCH3 is 1. The van der Waals surface area contributed by atoms with Crippen LogP contribution in [0, 0.1) is 5.92 Å². The molecule has 0 aliphatic heterocycles. The Hall–Kier alpha value is -0.220. The molecule has 0 bridgehead atoms. The number of esters is 1. The second-order valence-corrected chi connectivity index (χ2v) is 5.29. The number of carbonyl (C=O) groups is 1. The van der Waals surface area contributed by atoms with Gasteiger partial charge in [0.2, 0.25) is 0 Å². The van der Waals surface area contributed by atoms with Crippen molar-refractivity contribution < 1.29 is 9.53 Å². The highest BCUT2D eigenvalue weighted by molar-refractivity contribution is 7.99. The molecule has 1 rings (SSSR count). The molecule has 0 aromatic carbocycles. The van der Waals surface area contributed by atoms with Crippen molar-refractivity contribution in [1.82, 2.24) is 0 Å². The first kappa shape index (κ1) is 12.8. The molecule has 1 aliphatic carbocycles. The van der Waals surface area contributed by atoms with Crippen LogP contribution in [0.4, 0.5) is 0 Å². The molecule has 0 spiro atoms. The molecule has 1 atom stereocenters. The molecule has 15 heavy (non-hydrogen) atoms. The van der Waals surface area contributed by atoms with Crippen molar-refractivity contribution in [2.75, 3.05) is 18.6 Å². The Morgan fingerprint density at radius 1 is 1.53 bits per heavy atom. The summed E-state index contributed by atoms with van der Waals surface area (Å²) >= 11 is 1.92. The van der Waals surface area contributed by atoms with Gasteiger partial charge >= 0.3 is 5.97 Å². The zero-order valence-corrected chi connectivity index (χ0v) is 10.2. The van der Waals surface area contributed by atoms with E-state index in [1.165, 1.54) is 38.5 Å². The second kappa shape index (κ2) is 7.12. The summed E-state index contributed by atoms with van der Waals surface area (Å²) in [6, 6.07) is -0.439. The lowest BCUT2D eigenvalue weighted by molar-refractivity contribution is -0.142. The van der Waals surface area contributed by atoms with Gasteiger partial charge in [-0.05, 0) is 36.7 Å². The summed E-state index contributed by atoms with van der Waals surface area (Å²) in [7, 11) is 1.38. The zero-order chi connectivity index (χ0) is 11.1. The number of hydrogen-bond acceptors (Lipinski definition) is 4. The Balaban J connectivity index is 1.98. The largest absolute Gasteiger partial charge is 0.468 e. The fourth-order valence-electron chi connectivity index (χ4n) is 1.91. The molecule has 1 saturated carbocycles. The Morgan fingerprint density at radius 2 is 2.20 bits per heavy atom. The number of nitrogens with two attached hydrogens (primary N) is 1. The maximum atomic E-state index is 11.0. The van der Waals surface area contributed by atoms with E-state index in [1.54, 1.807) is 0 Å². The summed E-state index contributed by atoms with van der Waals surface area (Å²) in [5.74, 6) is 2.81. The first-order valence-corrected chi connectivity index (χ1v) is 6.80. The molecule has 1 unspecified atom stereocenters. The van der Waals surface area contributed by atoms with Gasteiger partial charge in [-0.15, -0.1) is 0 Å². The minimum atomic E-state index is -0.439. The van der Waals surface area contributed by atoms with Gasteiger partial charge in [-0.25, -0.2) is 0 Å². The van der Waals surface area contributed by atoms with Gasteiger partial charge in [0.05, 0.1) is 7.11 Å². The van der Waals surface area contributed by atoms with Gasteiger partial charge in [0.25, 0.3) is 0 Å². The molecule has 0 saturated heterocycles. The first-order chi connectivity index (χ1) is 7.24. The number of ether oxygens (including phenoxy) is 1. The van der Waals surface area contributed by atoms with E-state index in [-0.39, 0.29) is 5.97 Å². The van der Waals surface area contributed by atoms with Crippen LogP contribution < -0.4 is 5.73 Å². The molecular formula is C11H21NO2S. The van der Waals surface area contributed by atoms with Gasteiger partial charge < -0.3 is 10.5 Å². The van der Waals surface area contributed by atoms with Crippen LogP contribution in [0.5, 0.6) is 0 Å². The van der Waals surface area contributed by atoms with Crippen molar-refractivity contribution in [1.29, 1.82) is 0 Å². The molecule has 0 radical (unpaired) electrons. The highest BCUT2D eigenvalue weighted by Crippen LogP contribution is 2.27. The zero-order valence-electron chi connectivity index (χ0n) is 9.41. The lowest BCUT2D eigenvalue weighted by Crippen LogP contribution is -2.32. The van der Waals surface area contributed by atoms with Crippen LogP contribution in [0.1, 0.15) is 32.1 Å². The predicted molar refractivity (Wildman–Crippen MR) is 63.9 cm³/mol. The number of carbonyl (C=O) groups excluding carboxylic acids is 1. The Kier molecular flexibility index (Phi) is 6.10. The third kappa shape index (κ3) is 4.89. The van der Waals surface area contributed by atoms with Gasteiger partial charge in [-0.3, -0.25) is 4.79 Å². The van der Waals surface area contributed by atoms with Crippen LogP contribution in [0.15, 0.2) is 0 Å². The van der Waals surface area contributed by atoms with Gasteiger partial charge in [-0.2, -0.15) is 11.8 Å². The molecule has 2 N–H and O–H groups in total. The van der Waals surface area contributed by atoms with Crippen molar-refractivity contribution >= 4 is 17.7 Å². The van der Waals surface area contributed by atoms with Crippen LogP contribution in [0.3, 0.4) is 0 Å². The van der Waals surface area contributed by atoms with E-state index < -0.39 is 6.04 Å². The van der Waals surface area contributed by atoms with Crippen LogP contribution >= 0.6 is 11.8 Å². The van der Waals surface area contributed by atoms with Crippen molar-refractivity contribution in [2.45, 2.75) is 38.1 Å². The molecule has 0 aromatic heterocycles. The lowest BCUT2D eigenvalue weighted by atomic mass is 10.1. The summed E-state index contributed by atoms with van der Waals surface area (Å²) in [5.41, 5.74) is 5.63. The standard InChI is InChI=1S/C11H21NO2S/c1-14-11(13)10(12)6-7-15-8-9-4-2-3-5-9/h9-10H,2-8,12H2,1H3. The monoisotopic (exact) mass is 231 g/mol. The normalized spacial score (nSPS) is 19.1. The summed E-state index contributed by atoms with van der Waals surface area (Å²) in [4.78, 5) is 11.0. The van der Waals surface area contributed by atoms with E-state index in [1.807, 2.05) is 11.8 Å². The fraction of sp³-hybridized carbons (Fsp3) is 0.909. The lowest BCUT2D eigenvalue weighted by Gasteiger charge is -2.10. The summed E-state index contributed by atoms with van der Waals surface area (Å²) in [5, 5.41) is 0. The van der Waals surface area contributed by atoms with Crippen LogP contribution in [0.2, 0.25) is 0 Å². The van der Waals surface area contributed by atoms with Gasteiger partial charge in [0, 0.05) is 0 Å². The maximum absolute atomic E-state index is 11.0. The van der Waals surface area contributed by atoms with E-state index in [9.17, 15) is 4.79 Å². The molecule has 0 aromatic rings. The molecular weight excluding hydrogens is 210 g/mol. The third-order valence-corrected chi connectivity index (χ3v) is 4.14. The highest BCUT2D eigenvalue weighted by Gasteiger charge is 2.16. The molecule has 88 valence electrons. The van der Waals surface area contributed by atoms with E-state index in [4.69, 9.17) is 5.73 Å². The van der Waals surface area contributed by atoms with E-state index in [2.05, 4.69) is 4.74 Å². The van der Waals surface area contributed by atoms with Crippen molar-refractivity contribution in [3.63, 3.8) is 0 Å². The van der Waals surface area contributed by atoms with E-state index in [0.29, 0.717) is 0 Å². The Bertz CT molecular complexity index is 193. The Morgan fingerprint density at radius 3 is 2.80 bits per heavy atom. The van der Waals surface area contributed by atoms with E-state index >= 15 is 0 Å². The van der Waals surface area contributed by atoms with E-state index in [0.717, 1.165) is 18.1 Å². The number of rotatable bonds is 6. The van der Waals surface area contributed by atoms with Crippen LogP contribution in [-0.4, -0.2) is 30.6 Å². The molecule has 1 fully saturated rings. The quantitative estimate of drug-likeness (QED) is 0.559. The smallest absolute Gasteiger partial charge is 0.322 e. The number of hydrogen-bond donors (Lipinski definition) is 1. The van der Waals surface area contributed by atoms with Gasteiger partial charge in [0.1, 0.15) is 6.04 Å². The predicted octanol–water partition coefficient (Wildman–Crippen LogP) is 1.80. The topological polar surface area (TPSA) is 52.3 Å². The average molecular weight is 231 g/mol. The van der Waals surface area contributed by atoms with Crippen molar-refractivity contribution in [3.8, 4) is 0 Å². The molecule has 3 nitrogen and oxygen atoms in total. The number of thioether (sulfide) groups is 1. The minimum absolute atomic E-state index is 0.295. The maximum Gasteiger partial charge on any atom is 0.322 e.